The Kier molecular flexibility index (Phi) is 7.36. The zero-order valence-electron chi connectivity index (χ0n) is 20.9. The Balaban J connectivity index is 1.89. The largest absolute Gasteiger partial charge is 0.507 e. The maximum Gasteiger partial charge on any atom is 0.300 e. The van der Waals surface area contributed by atoms with Gasteiger partial charge in [-0.1, -0.05) is 86.1 Å². The van der Waals surface area contributed by atoms with Crippen LogP contribution in [0.1, 0.15) is 56.8 Å². The van der Waals surface area contributed by atoms with Crippen molar-refractivity contribution >= 4 is 39.1 Å². The summed E-state index contributed by atoms with van der Waals surface area (Å²) < 4.78 is 6.62. The predicted octanol–water partition coefficient (Wildman–Crippen LogP) is 7.16. The van der Waals surface area contributed by atoms with Crippen molar-refractivity contribution < 1.29 is 19.4 Å². The summed E-state index contributed by atoms with van der Waals surface area (Å²) in [6.07, 6.45) is 0.849. The third kappa shape index (κ3) is 5.09. The maximum atomic E-state index is 13.4. The number of nitrogens with zero attached hydrogens (tertiary/aromatic N) is 1. The molecule has 1 unspecified atom stereocenters. The number of halogens is 1. The number of ether oxygens (including phenoxy) is 1. The highest BCUT2D eigenvalue weighted by Gasteiger charge is 2.47. The molecule has 6 heteroatoms. The molecule has 4 rings (SSSR count). The van der Waals surface area contributed by atoms with Gasteiger partial charge in [-0.25, -0.2) is 0 Å². The molecule has 1 heterocycles. The molecule has 0 spiro atoms. The van der Waals surface area contributed by atoms with Gasteiger partial charge in [-0.15, -0.1) is 0 Å². The molecule has 0 saturated carbocycles. The minimum Gasteiger partial charge on any atom is -0.507 e. The standard InChI is InChI=1S/C30H30BrNO4/c1-5-17-36-24-8-6-7-23(18-24)32-26(19-9-13-21(14-10-19)30(2,3)4)25(28(34)29(32)35)27(33)20-11-15-22(31)16-12-20/h6-16,18,26,33H,5,17H2,1-4H3/b27-25+. The normalized spacial score (nSPS) is 17.5. The van der Waals surface area contributed by atoms with Crippen molar-refractivity contribution in [2.45, 2.75) is 45.6 Å². The first-order valence-corrected chi connectivity index (χ1v) is 12.8. The molecule has 5 nitrogen and oxygen atoms in total. The fraction of sp³-hybridized carbons (Fsp3) is 0.267. The van der Waals surface area contributed by atoms with Crippen LogP contribution in [-0.2, 0) is 15.0 Å². The van der Waals surface area contributed by atoms with E-state index in [-0.39, 0.29) is 16.7 Å². The molecule has 1 saturated heterocycles. The average Bonchev–Trinajstić information content (AvgIpc) is 3.13. The van der Waals surface area contributed by atoms with Crippen LogP contribution in [0.2, 0.25) is 0 Å². The summed E-state index contributed by atoms with van der Waals surface area (Å²) in [5.74, 6) is -0.996. The lowest BCUT2D eigenvalue weighted by molar-refractivity contribution is -0.132. The second-order valence-electron chi connectivity index (χ2n) is 9.89. The van der Waals surface area contributed by atoms with E-state index >= 15 is 0 Å². The van der Waals surface area contributed by atoms with E-state index in [1.54, 1.807) is 42.5 Å². The number of rotatable bonds is 6. The van der Waals surface area contributed by atoms with Crippen LogP contribution in [-0.4, -0.2) is 23.4 Å². The van der Waals surface area contributed by atoms with E-state index in [0.29, 0.717) is 23.6 Å². The Bertz CT molecular complexity index is 1300. The van der Waals surface area contributed by atoms with E-state index in [1.165, 1.54) is 4.90 Å². The molecule has 1 aliphatic rings. The second kappa shape index (κ2) is 10.3. The summed E-state index contributed by atoms with van der Waals surface area (Å²) in [5.41, 5.74) is 2.87. The van der Waals surface area contributed by atoms with E-state index in [2.05, 4.69) is 36.7 Å². The minimum absolute atomic E-state index is 0.0529. The lowest BCUT2D eigenvalue weighted by Gasteiger charge is -2.27. The average molecular weight is 548 g/mol. The third-order valence-corrected chi connectivity index (χ3v) is 6.75. The lowest BCUT2D eigenvalue weighted by Crippen LogP contribution is -2.29. The number of hydrogen-bond donors (Lipinski definition) is 1. The fourth-order valence-corrected chi connectivity index (χ4v) is 4.55. The number of ketones is 1. The lowest BCUT2D eigenvalue weighted by atomic mass is 9.85. The van der Waals surface area contributed by atoms with Crippen LogP contribution in [0.4, 0.5) is 5.69 Å². The van der Waals surface area contributed by atoms with Gasteiger partial charge in [0.15, 0.2) is 0 Å². The number of benzene rings is 3. The zero-order chi connectivity index (χ0) is 26.0. The maximum absolute atomic E-state index is 13.4. The van der Waals surface area contributed by atoms with Gasteiger partial charge in [-0.2, -0.15) is 0 Å². The molecule has 1 atom stereocenters. The molecule has 0 radical (unpaired) electrons. The Morgan fingerprint density at radius 1 is 1.00 bits per heavy atom. The van der Waals surface area contributed by atoms with Gasteiger partial charge in [0.05, 0.1) is 18.2 Å². The highest BCUT2D eigenvalue weighted by Crippen LogP contribution is 2.43. The van der Waals surface area contributed by atoms with E-state index in [1.807, 2.05) is 37.3 Å². The molecule has 1 N–H and O–H groups in total. The Morgan fingerprint density at radius 2 is 1.67 bits per heavy atom. The predicted molar refractivity (Wildman–Crippen MR) is 146 cm³/mol. The van der Waals surface area contributed by atoms with Crippen LogP contribution in [0, 0.1) is 0 Å². The van der Waals surface area contributed by atoms with Gasteiger partial charge >= 0.3 is 0 Å². The topological polar surface area (TPSA) is 66.8 Å². The van der Waals surface area contributed by atoms with Crippen LogP contribution in [0.3, 0.4) is 0 Å². The van der Waals surface area contributed by atoms with Gasteiger partial charge in [0.1, 0.15) is 11.5 Å². The van der Waals surface area contributed by atoms with Gasteiger partial charge < -0.3 is 9.84 Å². The first-order valence-electron chi connectivity index (χ1n) is 12.0. The third-order valence-electron chi connectivity index (χ3n) is 6.22. The van der Waals surface area contributed by atoms with E-state index in [4.69, 9.17) is 4.74 Å². The first-order chi connectivity index (χ1) is 17.1. The summed E-state index contributed by atoms with van der Waals surface area (Å²) in [5, 5.41) is 11.3. The highest BCUT2D eigenvalue weighted by atomic mass is 79.9. The molecule has 1 amide bonds. The van der Waals surface area contributed by atoms with Crippen LogP contribution < -0.4 is 9.64 Å². The van der Waals surface area contributed by atoms with E-state index < -0.39 is 17.7 Å². The van der Waals surface area contributed by atoms with E-state index in [9.17, 15) is 14.7 Å². The van der Waals surface area contributed by atoms with Crippen molar-refractivity contribution in [1.82, 2.24) is 0 Å². The number of carbonyl (C=O) groups is 2. The van der Waals surface area contributed by atoms with E-state index in [0.717, 1.165) is 22.0 Å². The van der Waals surface area contributed by atoms with Crippen molar-refractivity contribution in [3.8, 4) is 5.75 Å². The molecule has 3 aromatic rings. The quantitative estimate of drug-likeness (QED) is 0.202. The second-order valence-corrected chi connectivity index (χ2v) is 10.8. The number of anilines is 1. The molecule has 0 aliphatic carbocycles. The summed E-state index contributed by atoms with van der Waals surface area (Å²) >= 11 is 3.40. The molecular formula is C30H30BrNO4. The van der Waals surface area contributed by atoms with Crippen molar-refractivity contribution in [1.29, 1.82) is 0 Å². The number of aliphatic hydroxyl groups is 1. The molecule has 0 aromatic heterocycles. The molecule has 36 heavy (non-hydrogen) atoms. The van der Waals surface area contributed by atoms with Gasteiger partial charge in [0, 0.05) is 21.8 Å². The van der Waals surface area contributed by atoms with Crippen LogP contribution in [0.25, 0.3) is 5.76 Å². The Hall–Kier alpha value is -3.38. The van der Waals surface area contributed by atoms with Gasteiger partial charge in [-0.05, 0) is 47.2 Å². The molecule has 0 bridgehead atoms. The number of aliphatic hydroxyl groups excluding tert-OH is 1. The summed E-state index contributed by atoms with van der Waals surface area (Å²) in [7, 11) is 0. The van der Waals surface area contributed by atoms with Gasteiger partial charge in [0.2, 0.25) is 0 Å². The van der Waals surface area contributed by atoms with Crippen molar-refractivity contribution in [2.24, 2.45) is 0 Å². The van der Waals surface area contributed by atoms with Crippen LogP contribution >= 0.6 is 15.9 Å². The Morgan fingerprint density at radius 3 is 2.28 bits per heavy atom. The smallest absolute Gasteiger partial charge is 0.300 e. The SMILES string of the molecule is CCCOc1cccc(N2C(=O)C(=O)/C(=C(/O)c3ccc(Br)cc3)C2c2ccc(C(C)(C)C)cc2)c1. The molecular weight excluding hydrogens is 518 g/mol. The van der Waals surface area contributed by atoms with Gasteiger partial charge in [-0.3, -0.25) is 14.5 Å². The number of hydrogen-bond acceptors (Lipinski definition) is 4. The van der Waals surface area contributed by atoms with Gasteiger partial charge in [0.25, 0.3) is 11.7 Å². The Labute approximate surface area is 220 Å². The fourth-order valence-electron chi connectivity index (χ4n) is 4.29. The number of amides is 1. The van der Waals surface area contributed by atoms with Crippen LogP contribution in [0.5, 0.6) is 5.75 Å². The monoisotopic (exact) mass is 547 g/mol. The molecule has 3 aromatic carbocycles. The zero-order valence-corrected chi connectivity index (χ0v) is 22.5. The summed E-state index contributed by atoms with van der Waals surface area (Å²) in [6, 6.07) is 21.2. The number of Topliss-reactive ketones (excluding diaryl/α,β-unsaturated/α-hetero) is 1. The molecule has 1 fully saturated rings. The summed E-state index contributed by atoms with van der Waals surface area (Å²) in [6.45, 7) is 8.95. The number of carbonyl (C=O) groups excluding carboxylic acids is 2. The molecule has 186 valence electrons. The van der Waals surface area contributed by atoms with Crippen molar-refractivity contribution in [3.05, 3.63) is 99.5 Å². The summed E-state index contributed by atoms with van der Waals surface area (Å²) in [4.78, 5) is 28.3. The van der Waals surface area contributed by atoms with Crippen LogP contribution in [0.15, 0.2) is 82.8 Å². The van der Waals surface area contributed by atoms with Crippen molar-refractivity contribution in [3.63, 3.8) is 0 Å². The van der Waals surface area contributed by atoms with Crippen molar-refractivity contribution in [2.75, 3.05) is 11.5 Å². The highest BCUT2D eigenvalue weighted by molar-refractivity contribution is 9.10. The molecule has 1 aliphatic heterocycles. The first kappa shape index (κ1) is 25.7. The minimum atomic E-state index is -0.788.